The lowest BCUT2D eigenvalue weighted by atomic mass is 10.1. The molecule has 0 amide bonds. The van der Waals surface area contributed by atoms with E-state index in [0.717, 1.165) is 14.7 Å². The van der Waals surface area contributed by atoms with Gasteiger partial charge in [-0.15, -0.1) is 0 Å². The summed E-state index contributed by atoms with van der Waals surface area (Å²) in [5, 5.41) is 0. The van der Waals surface area contributed by atoms with E-state index in [9.17, 15) is 4.79 Å². The van der Waals surface area contributed by atoms with E-state index in [1.165, 1.54) is 0 Å². The molecule has 0 spiro atoms. The van der Waals surface area contributed by atoms with E-state index in [2.05, 4.69) is 22.6 Å². The molecule has 0 radical (unpaired) electrons. The van der Waals surface area contributed by atoms with Crippen molar-refractivity contribution < 1.29 is 4.79 Å². The van der Waals surface area contributed by atoms with Gasteiger partial charge in [-0.05, 0) is 34.2 Å². The predicted molar refractivity (Wildman–Crippen MR) is 52.8 cm³/mol. The maximum atomic E-state index is 11.3. The van der Waals surface area contributed by atoms with E-state index in [0.29, 0.717) is 0 Å². The third-order valence-corrected chi connectivity index (χ3v) is 2.51. The Kier molecular flexibility index (Phi) is 1.56. The predicted octanol–water partition coefficient (Wildman–Crippen LogP) is 2.66. The van der Waals surface area contributed by atoms with Crippen LogP contribution in [0.5, 0.6) is 0 Å². The van der Waals surface area contributed by atoms with Gasteiger partial charge in [0.1, 0.15) is 0 Å². The molecule has 1 aliphatic carbocycles. The molecule has 0 saturated carbocycles. The fourth-order valence-corrected chi connectivity index (χ4v) is 1.79. The van der Waals surface area contributed by atoms with Crippen LogP contribution in [0.3, 0.4) is 0 Å². The number of Topliss-reactive ketones (excluding diaryl/α,β-unsaturated/α-hetero) is 1. The van der Waals surface area contributed by atoms with Gasteiger partial charge in [0.15, 0.2) is 5.78 Å². The first-order valence-electron chi connectivity index (χ1n) is 3.30. The van der Waals surface area contributed by atoms with Crippen LogP contribution in [-0.2, 0) is 0 Å². The summed E-state index contributed by atoms with van der Waals surface area (Å²) >= 11 is 2.06. The Balaban J connectivity index is 2.67. The molecule has 0 heterocycles. The molecule has 0 atom stereocenters. The molecule has 0 unspecified atom stereocenters. The van der Waals surface area contributed by atoms with Crippen LogP contribution in [0.1, 0.15) is 15.9 Å². The molecular weight excluding hydrogens is 251 g/mol. The van der Waals surface area contributed by atoms with Crippen molar-refractivity contribution >= 4 is 34.5 Å². The second-order valence-electron chi connectivity index (χ2n) is 2.41. The minimum Gasteiger partial charge on any atom is -0.288 e. The van der Waals surface area contributed by atoms with Gasteiger partial charge in [-0.3, -0.25) is 4.79 Å². The summed E-state index contributed by atoms with van der Waals surface area (Å²) in [5.41, 5.74) is 1.87. The number of allylic oxidation sites excluding steroid dienone is 1. The van der Waals surface area contributed by atoms with Gasteiger partial charge in [0, 0.05) is 5.56 Å². The number of carbonyl (C=O) groups is 1. The SMILES string of the molecule is O=C1C(I)=Cc2ccccc21. The lowest BCUT2D eigenvalue weighted by Gasteiger charge is -1.92. The fraction of sp³-hybridized carbons (Fsp3) is 0. The fourth-order valence-electron chi connectivity index (χ4n) is 1.16. The Morgan fingerprint density at radius 1 is 1.18 bits per heavy atom. The quantitative estimate of drug-likeness (QED) is 0.652. The van der Waals surface area contributed by atoms with Crippen molar-refractivity contribution in [1.82, 2.24) is 0 Å². The molecule has 54 valence electrons. The van der Waals surface area contributed by atoms with Crippen molar-refractivity contribution in [2.45, 2.75) is 0 Å². The first kappa shape index (κ1) is 7.03. The third-order valence-electron chi connectivity index (χ3n) is 1.70. The van der Waals surface area contributed by atoms with Crippen LogP contribution < -0.4 is 0 Å². The molecule has 0 saturated heterocycles. The van der Waals surface area contributed by atoms with Gasteiger partial charge in [-0.25, -0.2) is 0 Å². The summed E-state index contributed by atoms with van der Waals surface area (Å²) in [4.78, 5) is 11.3. The topological polar surface area (TPSA) is 17.1 Å². The lowest BCUT2D eigenvalue weighted by molar-refractivity contribution is 0.104. The Hall–Kier alpha value is -0.640. The van der Waals surface area contributed by atoms with E-state index >= 15 is 0 Å². The maximum absolute atomic E-state index is 11.3. The Labute approximate surface area is 78.3 Å². The van der Waals surface area contributed by atoms with Crippen LogP contribution in [-0.4, -0.2) is 5.78 Å². The monoisotopic (exact) mass is 256 g/mol. The molecule has 1 aliphatic rings. The smallest absolute Gasteiger partial charge is 0.199 e. The van der Waals surface area contributed by atoms with E-state index in [-0.39, 0.29) is 5.78 Å². The highest BCUT2D eigenvalue weighted by molar-refractivity contribution is 14.1. The van der Waals surface area contributed by atoms with Crippen molar-refractivity contribution in [3.63, 3.8) is 0 Å². The molecule has 2 rings (SSSR count). The molecule has 0 aromatic heterocycles. The average Bonchev–Trinajstić information content (AvgIpc) is 2.30. The number of carbonyl (C=O) groups excluding carboxylic acids is 1. The Morgan fingerprint density at radius 2 is 1.91 bits per heavy atom. The second kappa shape index (κ2) is 2.44. The van der Waals surface area contributed by atoms with Gasteiger partial charge in [0.05, 0.1) is 3.58 Å². The molecule has 2 heteroatoms. The number of rotatable bonds is 0. The zero-order chi connectivity index (χ0) is 7.84. The maximum Gasteiger partial charge on any atom is 0.199 e. The van der Waals surface area contributed by atoms with E-state index in [1.807, 2.05) is 30.3 Å². The zero-order valence-corrected chi connectivity index (χ0v) is 7.83. The standard InChI is InChI=1S/C9H5IO/c10-8-5-6-3-1-2-4-7(6)9(8)11/h1-5H. The van der Waals surface area contributed by atoms with Gasteiger partial charge >= 0.3 is 0 Å². The van der Waals surface area contributed by atoms with Crippen LogP contribution in [0.15, 0.2) is 27.8 Å². The average molecular weight is 256 g/mol. The molecule has 1 aromatic carbocycles. The molecule has 0 N–H and O–H groups in total. The first-order valence-corrected chi connectivity index (χ1v) is 4.38. The van der Waals surface area contributed by atoms with Crippen molar-refractivity contribution in [2.24, 2.45) is 0 Å². The lowest BCUT2D eigenvalue weighted by Crippen LogP contribution is -1.92. The number of hydrogen-bond donors (Lipinski definition) is 0. The van der Waals surface area contributed by atoms with E-state index in [4.69, 9.17) is 0 Å². The van der Waals surface area contributed by atoms with Gasteiger partial charge < -0.3 is 0 Å². The molecule has 0 fully saturated rings. The van der Waals surface area contributed by atoms with Crippen LogP contribution in [0, 0.1) is 0 Å². The molecule has 0 aliphatic heterocycles. The number of ketones is 1. The first-order chi connectivity index (χ1) is 5.29. The summed E-state index contributed by atoms with van der Waals surface area (Å²) in [6.45, 7) is 0. The summed E-state index contributed by atoms with van der Waals surface area (Å²) < 4.78 is 0.809. The number of benzene rings is 1. The zero-order valence-electron chi connectivity index (χ0n) is 5.67. The van der Waals surface area contributed by atoms with Crippen molar-refractivity contribution in [3.8, 4) is 0 Å². The van der Waals surface area contributed by atoms with Gasteiger partial charge in [-0.2, -0.15) is 0 Å². The Bertz CT molecular complexity index is 352. The summed E-state index contributed by atoms with van der Waals surface area (Å²) in [6.07, 6.45) is 1.91. The summed E-state index contributed by atoms with van der Waals surface area (Å²) in [5.74, 6) is 0.154. The van der Waals surface area contributed by atoms with E-state index < -0.39 is 0 Å². The number of hydrogen-bond acceptors (Lipinski definition) is 1. The molecule has 0 bridgehead atoms. The highest BCUT2D eigenvalue weighted by Gasteiger charge is 2.18. The van der Waals surface area contributed by atoms with Crippen LogP contribution in [0.2, 0.25) is 0 Å². The molecule has 1 nitrogen and oxygen atoms in total. The van der Waals surface area contributed by atoms with Crippen LogP contribution >= 0.6 is 22.6 Å². The van der Waals surface area contributed by atoms with Gasteiger partial charge in [0.2, 0.25) is 0 Å². The second-order valence-corrected chi connectivity index (χ2v) is 3.57. The van der Waals surface area contributed by atoms with Crippen molar-refractivity contribution in [3.05, 3.63) is 39.0 Å². The molecule has 1 aromatic rings. The van der Waals surface area contributed by atoms with Gasteiger partial charge in [-0.1, -0.05) is 24.3 Å². The minimum absolute atomic E-state index is 0.154. The minimum atomic E-state index is 0.154. The highest BCUT2D eigenvalue weighted by Crippen LogP contribution is 2.28. The van der Waals surface area contributed by atoms with Crippen LogP contribution in [0.4, 0.5) is 0 Å². The largest absolute Gasteiger partial charge is 0.288 e. The van der Waals surface area contributed by atoms with Crippen molar-refractivity contribution in [2.75, 3.05) is 0 Å². The molecular formula is C9H5IO. The molecule has 11 heavy (non-hydrogen) atoms. The third kappa shape index (κ3) is 1.01. The van der Waals surface area contributed by atoms with Gasteiger partial charge in [0.25, 0.3) is 0 Å². The van der Waals surface area contributed by atoms with Crippen LogP contribution in [0.25, 0.3) is 6.08 Å². The number of halogens is 1. The summed E-state index contributed by atoms with van der Waals surface area (Å²) in [6, 6.07) is 7.65. The van der Waals surface area contributed by atoms with Crippen molar-refractivity contribution in [1.29, 1.82) is 0 Å². The normalized spacial score (nSPS) is 14.6. The Morgan fingerprint density at radius 3 is 2.64 bits per heavy atom. The summed E-state index contributed by atoms with van der Waals surface area (Å²) in [7, 11) is 0. The highest BCUT2D eigenvalue weighted by atomic mass is 127. The number of fused-ring (bicyclic) bond motifs is 1. The van der Waals surface area contributed by atoms with E-state index in [1.54, 1.807) is 0 Å².